The average molecular weight is 491 g/mol. The van der Waals surface area contributed by atoms with Gasteiger partial charge < -0.3 is 0 Å². The van der Waals surface area contributed by atoms with Crippen LogP contribution in [0.3, 0.4) is 0 Å². The van der Waals surface area contributed by atoms with Crippen LogP contribution in [0.5, 0.6) is 0 Å². The normalized spacial score (nSPS) is 18.7. The van der Waals surface area contributed by atoms with Crippen molar-refractivity contribution in [2.75, 3.05) is 24.7 Å². The van der Waals surface area contributed by atoms with E-state index >= 15 is 0 Å². The Morgan fingerprint density at radius 1 is 1.17 bits per heavy atom. The summed E-state index contributed by atoms with van der Waals surface area (Å²) in [6, 6.07) is 8.11. The van der Waals surface area contributed by atoms with Gasteiger partial charge in [0.05, 0.1) is 6.26 Å². The number of hydrogen-bond acceptors (Lipinski definition) is 6. The van der Waals surface area contributed by atoms with E-state index in [2.05, 4.69) is 27.4 Å². The molecule has 3 N–H and O–H groups in total. The van der Waals surface area contributed by atoms with Crippen LogP contribution < -0.4 is 15.5 Å². The van der Waals surface area contributed by atoms with Crippen LogP contribution >= 0.6 is 0 Å². The molecule has 1 amide bonds. The third-order valence-corrected chi connectivity index (χ3v) is 10.3. The Labute approximate surface area is 183 Å². The van der Waals surface area contributed by atoms with Crippen LogP contribution in [0.1, 0.15) is 47.5 Å². The molecule has 1 saturated heterocycles. The van der Waals surface area contributed by atoms with E-state index in [9.17, 15) is 13.2 Å². The first-order valence-electron chi connectivity index (χ1n) is 10.0. The van der Waals surface area contributed by atoms with Crippen LogP contribution in [-0.4, -0.2) is 63.7 Å². The van der Waals surface area contributed by atoms with Crippen molar-refractivity contribution < 1.29 is 13.2 Å². The Kier molecular flexibility index (Phi) is 6.13. The first-order valence-corrected chi connectivity index (χ1v) is 14.2. The number of anilines is 2. The second-order valence-corrected chi connectivity index (χ2v) is 13.2. The van der Waals surface area contributed by atoms with Crippen LogP contribution in [0.4, 0.5) is 11.6 Å². The number of nitrogens with one attached hydrogen (secondary N) is 1. The van der Waals surface area contributed by atoms with E-state index in [0.717, 1.165) is 23.0 Å². The van der Waals surface area contributed by atoms with Gasteiger partial charge in [0.15, 0.2) is 0 Å². The molecule has 1 unspecified atom stereocenters. The summed E-state index contributed by atoms with van der Waals surface area (Å²) >= 11 is -0.484. The van der Waals surface area contributed by atoms with Crippen molar-refractivity contribution in [1.29, 1.82) is 0 Å². The second kappa shape index (κ2) is 8.65. The molecule has 1 atom stereocenters. The van der Waals surface area contributed by atoms with Crippen molar-refractivity contribution in [2.24, 2.45) is 5.73 Å². The first-order chi connectivity index (χ1) is 14.3. The number of carbonyl (C=O) groups is 1. The molecule has 2 heterocycles. The number of carbonyl (C=O) groups excluding carboxylic acids is 1. The fraction of sp³-hybridized carbons (Fsp3) is 0.450. The number of hydrogen-bond donors (Lipinski definition) is 2. The van der Waals surface area contributed by atoms with Crippen molar-refractivity contribution >= 4 is 47.8 Å². The fourth-order valence-electron chi connectivity index (χ4n) is 3.64. The number of benzene rings is 1. The van der Waals surface area contributed by atoms with Gasteiger partial charge in [-0.15, -0.1) is 0 Å². The average Bonchev–Trinajstić information content (AvgIpc) is 3.52. The summed E-state index contributed by atoms with van der Waals surface area (Å²) in [5, 5.41) is 3.22. The Morgan fingerprint density at radius 2 is 1.83 bits per heavy atom. The van der Waals surface area contributed by atoms with Crippen LogP contribution in [-0.2, 0) is 10.0 Å². The van der Waals surface area contributed by atoms with E-state index in [1.54, 1.807) is 4.31 Å². The molecule has 0 bridgehead atoms. The molecule has 10 heteroatoms. The summed E-state index contributed by atoms with van der Waals surface area (Å²) < 4.78 is 26.4. The third kappa shape index (κ3) is 5.20. The van der Waals surface area contributed by atoms with E-state index in [4.69, 9.17) is 5.73 Å². The maximum atomic E-state index is 11.7. The quantitative estimate of drug-likeness (QED) is 0.561. The van der Waals surface area contributed by atoms with Gasteiger partial charge in [-0.1, -0.05) is 0 Å². The summed E-state index contributed by atoms with van der Waals surface area (Å²) in [7, 11) is -3.11. The molecule has 2 aliphatic rings. The SMILES string of the molecule is CS(=O)(=O)N1CCC(c2ccc(Nc3ncc(C(N)=O)c([AsH]C4CC4)n3)cc2)CC1. The number of aromatic nitrogens is 2. The summed E-state index contributed by atoms with van der Waals surface area (Å²) in [6.45, 7) is 1.13. The number of piperidine rings is 1. The van der Waals surface area contributed by atoms with E-state index in [-0.39, 0.29) is 0 Å². The zero-order valence-electron chi connectivity index (χ0n) is 16.8. The minimum atomic E-state index is -3.11. The number of nitrogens with two attached hydrogens (primary N) is 1. The van der Waals surface area contributed by atoms with Gasteiger partial charge in [0.25, 0.3) is 0 Å². The zero-order chi connectivity index (χ0) is 21.3. The fourth-order valence-corrected chi connectivity index (χ4v) is 7.36. The van der Waals surface area contributed by atoms with Gasteiger partial charge in [-0.05, 0) is 0 Å². The Hall–Kier alpha value is -1.96. The van der Waals surface area contributed by atoms with Crippen molar-refractivity contribution in [2.45, 2.75) is 36.3 Å². The molecule has 1 aromatic carbocycles. The minimum absolute atomic E-state index is 0.360. The monoisotopic (exact) mass is 491 g/mol. The van der Waals surface area contributed by atoms with E-state index in [1.807, 2.05) is 12.1 Å². The number of primary amides is 1. The van der Waals surface area contributed by atoms with E-state index in [0.29, 0.717) is 35.2 Å². The molecular weight excluding hydrogens is 465 g/mol. The number of rotatable bonds is 7. The molecule has 4 rings (SSSR count). The molecule has 1 aliphatic carbocycles. The zero-order valence-corrected chi connectivity index (χ0v) is 19.8. The number of amides is 1. The van der Waals surface area contributed by atoms with Crippen LogP contribution in [0.2, 0.25) is 4.71 Å². The van der Waals surface area contributed by atoms with Gasteiger partial charge in [-0.3, -0.25) is 0 Å². The molecule has 1 aliphatic heterocycles. The molecular formula is C20H26AsN5O3S. The van der Waals surface area contributed by atoms with Gasteiger partial charge in [0, 0.05) is 0 Å². The summed E-state index contributed by atoms with van der Waals surface area (Å²) in [5.74, 6) is 0.375. The predicted molar refractivity (Wildman–Crippen MR) is 118 cm³/mol. The van der Waals surface area contributed by atoms with Crippen molar-refractivity contribution in [3.63, 3.8) is 0 Å². The maximum absolute atomic E-state index is 11.7. The van der Waals surface area contributed by atoms with Crippen LogP contribution in [0.25, 0.3) is 0 Å². The predicted octanol–water partition coefficient (Wildman–Crippen LogP) is 1.10. The Balaban J connectivity index is 1.42. The van der Waals surface area contributed by atoms with Gasteiger partial charge in [-0.2, -0.15) is 0 Å². The van der Waals surface area contributed by atoms with Crippen molar-refractivity contribution in [1.82, 2.24) is 14.3 Å². The molecule has 1 aromatic heterocycles. The summed E-state index contributed by atoms with van der Waals surface area (Å²) in [6.07, 6.45) is 6.89. The third-order valence-electron chi connectivity index (χ3n) is 5.53. The van der Waals surface area contributed by atoms with Gasteiger partial charge >= 0.3 is 159 Å². The summed E-state index contributed by atoms with van der Waals surface area (Å²) in [4.78, 5) is 20.5. The standard InChI is InChI=1S/C20H26AsN5O3S/c1-30(28,29)26-10-8-14(9-11-26)13-2-6-16(7-3-13)24-20-23-12-17(19(22)27)18(25-20)21-15-4-5-15/h2-3,6-7,12,14-15,21H,4-5,8-11H2,1H3,(H2,22,27)(H,23,24,25). The van der Waals surface area contributed by atoms with Crippen LogP contribution in [0, 0.1) is 0 Å². The molecule has 2 aromatic rings. The Bertz CT molecular complexity index is 1030. The first kappa shape index (κ1) is 21.3. The van der Waals surface area contributed by atoms with Crippen LogP contribution in [0.15, 0.2) is 30.5 Å². The second-order valence-electron chi connectivity index (χ2n) is 7.92. The number of sulfonamides is 1. The van der Waals surface area contributed by atoms with Gasteiger partial charge in [0.2, 0.25) is 10.0 Å². The number of nitrogens with zero attached hydrogens (tertiary/aromatic N) is 3. The Morgan fingerprint density at radius 3 is 2.40 bits per heavy atom. The molecule has 0 radical (unpaired) electrons. The van der Waals surface area contributed by atoms with E-state index in [1.165, 1.54) is 30.9 Å². The molecule has 160 valence electrons. The summed E-state index contributed by atoms with van der Waals surface area (Å²) in [5.41, 5.74) is 8.00. The van der Waals surface area contributed by atoms with Crippen molar-refractivity contribution in [3.8, 4) is 0 Å². The molecule has 1 saturated carbocycles. The molecule has 2 fully saturated rings. The topological polar surface area (TPSA) is 118 Å². The van der Waals surface area contributed by atoms with Gasteiger partial charge in [-0.25, -0.2) is 8.42 Å². The molecule has 0 spiro atoms. The molecule has 30 heavy (non-hydrogen) atoms. The molecule has 8 nitrogen and oxygen atoms in total. The van der Waals surface area contributed by atoms with Gasteiger partial charge in [0.1, 0.15) is 0 Å². The van der Waals surface area contributed by atoms with E-state index < -0.39 is 31.7 Å². The van der Waals surface area contributed by atoms with Crippen molar-refractivity contribution in [3.05, 3.63) is 41.6 Å².